The minimum atomic E-state index is -0.139. The molecule has 0 radical (unpaired) electrons. The molecular weight excluding hydrogens is 350 g/mol. The molecule has 0 N–H and O–H groups in total. The van der Waals surface area contributed by atoms with Gasteiger partial charge in [0.05, 0.1) is 5.25 Å². The number of rotatable bonds is 7. The number of thioether (sulfide) groups is 1. The monoisotopic (exact) mass is 375 g/mol. The minimum Gasteiger partial charge on any atom is -0.333 e. The molecule has 0 aliphatic carbocycles. The first-order valence-corrected chi connectivity index (χ1v) is 10.1. The van der Waals surface area contributed by atoms with Gasteiger partial charge in [0.2, 0.25) is 5.91 Å². The maximum Gasteiger partial charge on any atom is 0.236 e. The normalized spacial score (nSPS) is 11.8. The fourth-order valence-corrected chi connectivity index (χ4v) is 3.90. The van der Waals surface area contributed by atoms with Crippen molar-refractivity contribution in [2.24, 2.45) is 0 Å². The number of hydrogen-bond acceptors (Lipinski definition) is 2. The van der Waals surface area contributed by atoms with Crippen LogP contribution in [0.15, 0.2) is 89.8 Å². The minimum absolute atomic E-state index is 0.139. The van der Waals surface area contributed by atoms with E-state index in [0.717, 1.165) is 16.0 Å². The zero-order chi connectivity index (χ0) is 19.1. The Morgan fingerprint density at radius 3 is 1.78 bits per heavy atom. The maximum atomic E-state index is 13.2. The van der Waals surface area contributed by atoms with Crippen molar-refractivity contribution < 1.29 is 4.79 Å². The molecule has 2 nitrogen and oxygen atoms in total. The summed E-state index contributed by atoms with van der Waals surface area (Å²) in [7, 11) is 0. The van der Waals surface area contributed by atoms with E-state index in [1.165, 1.54) is 5.56 Å². The lowest BCUT2D eigenvalue weighted by atomic mass is 10.1. The number of aryl methyl sites for hydroxylation is 1. The largest absolute Gasteiger partial charge is 0.333 e. The van der Waals surface area contributed by atoms with Gasteiger partial charge in [0.25, 0.3) is 0 Å². The zero-order valence-electron chi connectivity index (χ0n) is 15.8. The molecule has 0 saturated heterocycles. The number of carbonyl (C=O) groups is 1. The molecule has 0 spiro atoms. The van der Waals surface area contributed by atoms with Crippen LogP contribution in [-0.2, 0) is 17.9 Å². The number of hydrogen-bond donors (Lipinski definition) is 0. The van der Waals surface area contributed by atoms with Crippen molar-refractivity contribution >= 4 is 17.7 Å². The van der Waals surface area contributed by atoms with Crippen molar-refractivity contribution in [2.45, 2.75) is 37.1 Å². The van der Waals surface area contributed by atoms with Gasteiger partial charge in [0.15, 0.2) is 0 Å². The first-order chi connectivity index (χ1) is 13.1. The Hall–Kier alpha value is -2.52. The van der Waals surface area contributed by atoms with Crippen LogP contribution in [0.5, 0.6) is 0 Å². The van der Waals surface area contributed by atoms with Gasteiger partial charge in [-0.2, -0.15) is 0 Å². The second-order valence-electron chi connectivity index (χ2n) is 6.74. The average Bonchev–Trinajstić information content (AvgIpc) is 2.70. The smallest absolute Gasteiger partial charge is 0.236 e. The molecule has 1 amide bonds. The second kappa shape index (κ2) is 9.43. The third-order valence-corrected chi connectivity index (χ3v) is 5.53. The van der Waals surface area contributed by atoms with Crippen LogP contribution < -0.4 is 0 Å². The van der Waals surface area contributed by atoms with Gasteiger partial charge in [-0.05, 0) is 37.1 Å². The van der Waals surface area contributed by atoms with Crippen LogP contribution in [0.3, 0.4) is 0 Å². The Morgan fingerprint density at radius 1 is 0.815 bits per heavy atom. The highest BCUT2D eigenvalue weighted by atomic mass is 32.2. The van der Waals surface area contributed by atoms with E-state index in [9.17, 15) is 4.79 Å². The molecule has 0 unspecified atom stereocenters. The van der Waals surface area contributed by atoms with Crippen molar-refractivity contribution in [1.29, 1.82) is 0 Å². The molecule has 0 saturated carbocycles. The predicted octanol–water partition coefficient (Wildman–Crippen LogP) is 5.70. The summed E-state index contributed by atoms with van der Waals surface area (Å²) in [6.45, 7) is 5.31. The Morgan fingerprint density at radius 2 is 1.30 bits per heavy atom. The van der Waals surface area contributed by atoms with E-state index in [2.05, 4.69) is 55.5 Å². The van der Waals surface area contributed by atoms with Crippen molar-refractivity contribution in [1.82, 2.24) is 4.90 Å². The first-order valence-electron chi connectivity index (χ1n) is 9.22. The molecule has 0 aliphatic heterocycles. The van der Waals surface area contributed by atoms with Crippen molar-refractivity contribution in [3.63, 3.8) is 0 Å². The van der Waals surface area contributed by atoms with Gasteiger partial charge in [-0.1, -0.05) is 78.4 Å². The lowest BCUT2D eigenvalue weighted by molar-refractivity contribution is -0.131. The second-order valence-corrected chi connectivity index (χ2v) is 8.15. The molecule has 3 aromatic rings. The fraction of sp³-hybridized carbons (Fsp3) is 0.208. The van der Waals surface area contributed by atoms with E-state index in [1.807, 2.05) is 48.2 Å². The van der Waals surface area contributed by atoms with Gasteiger partial charge in [-0.15, -0.1) is 11.8 Å². The SMILES string of the molecule is Cc1ccc(S[C@H](C)C(=O)N(Cc2ccccc2)Cc2ccccc2)cc1. The Kier molecular flexibility index (Phi) is 6.72. The van der Waals surface area contributed by atoms with Gasteiger partial charge in [-0.3, -0.25) is 4.79 Å². The summed E-state index contributed by atoms with van der Waals surface area (Å²) in [5.74, 6) is 0.160. The number of benzene rings is 3. The van der Waals surface area contributed by atoms with Gasteiger partial charge in [-0.25, -0.2) is 0 Å². The van der Waals surface area contributed by atoms with Gasteiger partial charge in [0.1, 0.15) is 0 Å². The molecule has 3 aromatic carbocycles. The van der Waals surface area contributed by atoms with Crippen molar-refractivity contribution in [3.05, 3.63) is 102 Å². The van der Waals surface area contributed by atoms with Crippen LogP contribution in [0.1, 0.15) is 23.6 Å². The highest BCUT2D eigenvalue weighted by Crippen LogP contribution is 2.26. The summed E-state index contributed by atoms with van der Waals surface area (Å²) in [5, 5.41) is -0.139. The summed E-state index contributed by atoms with van der Waals surface area (Å²) in [5.41, 5.74) is 3.52. The van der Waals surface area contributed by atoms with Gasteiger partial charge < -0.3 is 4.90 Å². The highest BCUT2D eigenvalue weighted by molar-refractivity contribution is 8.00. The average molecular weight is 376 g/mol. The van der Waals surface area contributed by atoms with Crippen LogP contribution in [0.25, 0.3) is 0 Å². The summed E-state index contributed by atoms with van der Waals surface area (Å²) in [6.07, 6.45) is 0. The molecule has 0 fully saturated rings. The molecule has 0 bridgehead atoms. The molecule has 138 valence electrons. The van der Waals surface area contributed by atoms with Crippen LogP contribution in [0, 0.1) is 6.92 Å². The molecule has 27 heavy (non-hydrogen) atoms. The van der Waals surface area contributed by atoms with Crippen molar-refractivity contribution in [3.8, 4) is 0 Å². The molecule has 3 rings (SSSR count). The molecular formula is C24H25NOS. The predicted molar refractivity (Wildman–Crippen MR) is 114 cm³/mol. The van der Waals surface area contributed by atoms with E-state index in [0.29, 0.717) is 13.1 Å². The maximum absolute atomic E-state index is 13.2. The molecule has 3 heteroatoms. The van der Waals surface area contributed by atoms with E-state index in [1.54, 1.807) is 11.8 Å². The van der Waals surface area contributed by atoms with E-state index < -0.39 is 0 Å². The number of carbonyl (C=O) groups excluding carboxylic acids is 1. The van der Waals surface area contributed by atoms with Gasteiger partial charge in [0, 0.05) is 18.0 Å². The van der Waals surface area contributed by atoms with E-state index in [-0.39, 0.29) is 11.2 Å². The van der Waals surface area contributed by atoms with Crippen molar-refractivity contribution in [2.75, 3.05) is 0 Å². The topological polar surface area (TPSA) is 20.3 Å². The first kappa shape index (κ1) is 19.2. The summed E-state index contributed by atoms with van der Waals surface area (Å²) < 4.78 is 0. The quantitative estimate of drug-likeness (QED) is 0.493. The highest BCUT2D eigenvalue weighted by Gasteiger charge is 2.22. The Labute approximate surface area is 166 Å². The molecule has 1 atom stereocenters. The standard InChI is InChI=1S/C24H25NOS/c1-19-13-15-23(16-14-19)27-20(2)24(26)25(17-21-9-5-3-6-10-21)18-22-11-7-4-8-12-22/h3-16,20H,17-18H2,1-2H3/t20-/m1/s1. The summed E-state index contributed by atoms with van der Waals surface area (Å²) in [4.78, 5) is 16.3. The Balaban J connectivity index is 1.75. The lowest BCUT2D eigenvalue weighted by Gasteiger charge is -2.26. The van der Waals surface area contributed by atoms with E-state index in [4.69, 9.17) is 0 Å². The van der Waals surface area contributed by atoms with Gasteiger partial charge >= 0.3 is 0 Å². The summed E-state index contributed by atoms with van der Waals surface area (Å²) in [6, 6.07) is 28.7. The Bertz CT molecular complexity index is 805. The van der Waals surface area contributed by atoms with Crippen LogP contribution in [-0.4, -0.2) is 16.1 Å². The molecule has 0 aromatic heterocycles. The van der Waals surface area contributed by atoms with E-state index >= 15 is 0 Å². The number of nitrogens with zero attached hydrogens (tertiary/aromatic N) is 1. The molecule has 0 aliphatic rings. The zero-order valence-corrected chi connectivity index (χ0v) is 16.7. The third kappa shape index (κ3) is 5.73. The number of amides is 1. The fourth-order valence-electron chi connectivity index (χ4n) is 2.95. The van der Waals surface area contributed by atoms with Crippen LogP contribution in [0.2, 0.25) is 0 Å². The third-order valence-electron chi connectivity index (χ3n) is 4.43. The lowest BCUT2D eigenvalue weighted by Crippen LogP contribution is -2.35. The molecule has 0 heterocycles. The van der Waals surface area contributed by atoms with Crippen LogP contribution in [0.4, 0.5) is 0 Å². The van der Waals surface area contributed by atoms with Crippen LogP contribution >= 0.6 is 11.8 Å². The summed E-state index contributed by atoms with van der Waals surface area (Å²) >= 11 is 1.62.